The van der Waals surface area contributed by atoms with Gasteiger partial charge in [0, 0.05) is 51.3 Å². The minimum Gasteiger partial charge on any atom is -0.410 e. The highest BCUT2D eigenvalue weighted by molar-refractivity contribution is 5.92. The first-order chi connectivity index (χ1) is 20.9. The number of benzene rings is 2. The predicted octanol–water partition coefficient (Wildman–Crippen LogP) is 5.36. The fourth-order valence-electron chi connectivity index (χ4n) is 5.65. The average Bonchev–Trinajstić information content (AvgIpc) is 3.46. The summed E-state index contributed by atoms with van der Waals surface area (Å²) >= 11 is 0. The molecule has 13 heteroatoms. The lowest BCUT2D eigenvalue weighted by molar-refractivity contribution is -0.138. The van der Waals surface area contributed by atoms with Crippen molar-refractivity contribution in [3.63, 3.8) is 0 Å². The van der Waals surface area contributed by atoms with Crippen LogP contribution in [0.5, 0.6) is 5.75 Å². The van der Waals surface area contributed by atoms with Gasteiger partial charge in [-0.2, -0.15) is 13.2 Å². The zero-order valence-electron chi connectivity index (χ0n) is 23.6. The molecule has 2 aromatic carbocycles. The van der Waals surface area contributed by atoms with Gasteiger partial charge in [-0.1, -0.05) is 12.1 Å². The molecule has 2 fully saturated rings. The number of likely N-dealkylation sites (N-methyl/N-ethyl adjacent to an activating group) is 1. The van der Waals surface area contributed by atoms with Crippen LogP contribution in [-0.4, -0.2) is 76.9 Å². The summed E-state index contributed by atoms with van der Waals surface area (Å²) in [4.78, 5) is 47.7. The van der Waals surface area contributed by atoms with Crippen LogP contribution in [0, 0.1) is 17.6 Å². The highest BCUT2D eigenvalue weighted by Crippen LogP contribution is 2.34. The van der Waals surface area contributed by atoms with E-state index in [1.54, 1.807) is 24.1 Å². The molecule has 0 bridgehead atoms. The molecule has 3 aromatic rings. The molecule has 3 amide bonds. The third-order valence-corrected chi connectivity index (χ3v) is 8.14. The molecule has 3 heterocycles. The first-order valence-corrected chi connectivity index (χ1v) is 14.0. The van der Waals surface area contributed by atoms with E-state index < -0.39 is 47.3 Å². The summed E-state index contributed by atoms with van der Waals surface area (Å²) in [6, 6.07) is 12.2. The molecule has 0 saturated carbocycles. The molecule has 5 rings (SSSR count). The lowest BCUT2D eigenvalue weighted by atomic mass is 9.93. The van der Waals surface area contributed by atoms with E-state index >= 15 is 0 Å². The molecule has 0 radical (unpaired) electrons. The van der Waals surface area contributed by atoms with Crippen molar-refractivity contribution in [3.05, 3.63) is 95.3 Å². The summed E-state index contributed by atoms with van der Waals surface area (Å²) in [6.45, 7) is 0.892. The van der Waals surface area contributed by atoms with Crippen LogP contribution in [0.3, 0.4) is 0 Å². The molecule has 2 saturated heterocycles. The quantitative estimate of drug-likeness (QED) is 0.361. The number of ether oxygens (including phenoxy) is 1. The van der Waals surface area contributed by atoms with Gasteiger partial charge < -0.3 is 19.4 Å². The highest BCUT2D eigenvalue weighted by atomic mass is 19.4. The van der Waals surface area contributed by atoms with Crippen LogP contribution in [0.4, 0.5) is 26.7 Å². The van der Waals surface area contributed by atoms with E-state index in [0.29, 0.717) is 19.0 Å². The fraction of sp³-hybridized carbons (Fsp3) is 0.355. The zero-order chi connectivity index (χ0) is 31.6. The number of likely N-dealkylation sites (tertiary alicyclic amines) is 2. The highest BCUT2D eigenvalue weighted by Gasteiger charge is 2.43. The SMILES string of the molecule is CN(C(=O)Oc1ccc(F)cc1)C1CN(C(=O)C2CCN(C(=O)c3ccc(C(F)(F)F)cn3)CC2)CC1c1ccc(F)cc1. The maximum atomic E-state index is 13.7. The summed E-state index contributed by atoms with van der Waals surface area (Å²) in [5.41, 5.74) is -0.323. The molecular weight excluding hydrogens is 587 g/mol. The van der Waals surface area contributed by atoms with Gasteiger partial charge in [0.25, 0.3) is 5.91 Å². The van der Waals surface area contributed by atoms with Crippen molar-refractivity contribution in [2.75, 3.05) is 33.2 Å². The Bertz CT molecular complexity index is 1490. The normalized spacial score (nSPS) is 19.1. The predicted molar refractivity (Wildman–Crippen MR) is 148 cm³/mol. The number of nitrogens with zero attached hydrogens (tertiary/aromatic N) is 4. The van der Waals surface area contributed by atoms with Gasteiger partial charge in [0.15, 0.2) is 0 Å². The Morgan fingerprint density at radius 2 is 1.48 bits per heavy atom. The minimum atomic E-state index is -4.56. The number of halogens is 5. The van der Waals surface area contributed by atoms with Crippen LogP contribution in [0.1, 0.15) is 40.4 Å². The molecule has 232 valence electrons. The van der Waals surface area contributed by atoms with Gasteiger partial charge >= 0.3 is 12.3 Å². The largest absolute Gasteiger partial charge is 0.417 e. The Labute approximate surface area is 250 Å². The number of amides is 3. The van der Waals surface area contributed by atoms with Crippen molar-refractivity contribution in [2.45, 2.75) is 31.0 Å². The van der Waals surface area contributed by atoms with Gasteiger partial charge in [0.2, 0.25) is 5.91 Å². The number of pyridine rings is 1. The van der Waals surface area contributed by atoms with E-state index in [2.05, 4.69) is 4.98 Å². The Morgan fingerprint density at radius 1 is 0.864 bits per heavy atom. The molecule has 2 aliphatic heterocycles. The third kappa shape index (κ3) is 6.81. The van der Waals surface area contributed by atoms with Crippen LogP contribution >= 0.6 is 0 Å². The molecular formula is C31H29F5N4O4. The van der Waals surface area contributed by atoms with Gasteiger partial charge in [-0.25, -0.2) is 13.6 Å². The smallest absolute Gasteiger partial charge is 0.410 e. The van der Waals surface area contributed by atoms with Gasteiger partial charge in [0.1, 0.15) is 23.1 Å². The monoisotopic (exact) mass is 616 g/mol. The Kier molecular flexibility index (Phi) is 8.84. The summed E-state index contributed by atoms with van der Waals surface area (Å²) in [6.07, 6.45) is -3.95. The maximum absolute atomic E-state index is 13.7. The number of piperidine rings is 1. The van der Waals surface area contributed by atoms with Crippen molar-refractivity contribution >= 4 is 17.9 Å². The lowest BCUT2D eigenvalue weighted by Gasteiger charge is -2.33. The van der Waals surface area contributed by atoms with Crippen LogP contribution < -0.4 is 4.74 Å². The number of hydrogen-bond donors (Lipinski definition) is 0. The Morgan fingerprint density at radius 3 is 2.05 bits per heavy atom. The topological polar surface area (TPSA) is 83.0 Å². The molecule has 0 aliphatic carbocycles. The second-order valence-electron chi connectivity index (χ2n) is 10.9. The molecule has 8 nitrogen and oxygen atoms in total. The molecule has 0 spiro atoms. The number of alkyl halides is 3. The standard InChI is InChI=1S/C31H29F5N4O4/c1-38(30(43)44-24-9-7-23(33)8-10-24)27-18-40(17-25(27)19-2-5-22(32)6-3-19)28(41)20-12-14-39(15-13-20)29(42)26-11-4-21(16-37-26)31(34,35)36/h2-11,16,20,25,27H,12-15,17-18H2,1H3. The van der Waals surface area contributed by atoms with Gasteiger partial charge in [-0.15, -0.1) is 0 Å². The summed E-state index contributed by atoms with van der Waals surface area (Å²) < 4.78 is 70.9. The van der Waals surface area contributed by atoms with Crippen molar-refractivity contribution < 1.29 is 41.1 Å². The van der Waals surface area contributed by atoms with E-state index in [1.807, 2.05) is 0 Å². The minimum absolute atomic E-state index is 0.108. The summed E-state index contributed by atoms with van der Waals surface area (Å²) in [7, 11) is 1.54. The van der Waals surface area contributed by atoms with E-state index in [0.717, 1.165) is 17.7 Å². The molecule has 44 heavy (non-hydrogen) atoms. The zero-order valence-corrected chi connectivity index (χ0v) is 23.6. The Hall–Kier alpha value is -4.55. The summed E-state index contributed by atoms with van der Waals surface area (Å²) in [5, 5.41) is 0. The molecule has 2 unspecified atom stereocenters. The van der Waals surface area contributed by atoms with E-state index in [9.17, 15) is 36.3 Å². The van der Waals surface area contributed by atoms with E-state index in [4.69, 9.17) is 4.74 Å². The number of carbonyl (C=O) groups is 3. The first-order valence-electron chi connectivity index (χ1n) is 14.0. The molecule has 0 N–H and O–H groups in total. The second-order valence-corrected chi connectivity index (χ2v) is 10.9. The molecule has 2 atom stereocenters. The van der Waals surface area contributed by atoms with Gasteiger partial charge in [0.05, 0.1) is 11.6 Å². The van der Waals surface area contributed by atoms with Crippen molar-refractivity contribution in [2.24, 2.45) is 5.92 Å². The van der Waals surface area contributed by atoms with Crippen LogP contribution in [0.15, 0.2) is 66.9 Å². The fourth-order valence-corrected chi connectivity index (χ4v) is 5.65. The van der Waals surface area contributed by atoms with Crippen LogP contribution in [0.2, 0.25) is 0 Å². The third-order valence-electron chi connectivity index (χ3n) is 8.14. The van der Waals surface area contributed by atoms with Crippen LogP contribution in [0.25, 0.3) is 0 Å². The van der Waals surface area contributed by atoms with Gasteiger partial charge in [-0.3, -0.25) is 14.6 Å². The number of rotatable bonds is 5. The van der Waals surface area contributed by atoms with Crippen molar-refractivity contribution in [3.8, 4) is 5.75 Å². The van der Waals surface area contributed by atoms with Crippen molar-refractivity contribution in [1.29, 1.82) is 0 Å². The average molecular weight is 617 g/mol. The summed E-state index contributed by atoms with van der Waals surface area (Å²) in [5.74, 6) is -2.18. The van der Waals surface area contributed by atoms with Crippen LogP contribution in [-0.2, 0) is 11.0 Å². The number of aromatic nitrogens is 1. The molecule has 1 aromatic heterocycles. The number of hydrogen-bond acceptors (Lipinski definition) is 5. The van der Waals surface area contributed by atoms with E-state index in [-0.39, 0.29) is 49.4 Å². The molecule has 2 aliphatic rings. The second kappa shape index (κ2) is 12.6. The maximum Gasteiger partial charge on any atom is 0.417 e. The van der Waals surface area contributed by atoms with E-state index in [1.165, 1.54) is 46.2 Å². The van der Waals surface area contributed by atoms with Crippen molar-refractivity contribution in [1.82, 2.24) is 19.7 Å². The first kappa shape index (κ1) is 30.9. The lowest BCUT2D eigenvalue weighted by Crippen LogP contribution is -2.46. The Balaban J connectivity index is 1.24. The van der Waals surface area contributed by atoms with Gasteiger partial charge in [-0.05, 0) is 66.9 Å². The number of carbonyl (C=O) groups excluding carboxylic acids is 3.